The van der Waals surface area contributed by atoms with Crippen LogP contribution in [0.15, 0.2) is 40.8 Å². The number of nitrogens with one attached hydrogen (secondary N) is 1. The molecule has 0 atom stereocenters. The minimum Gasteiger partial charge on any atom is -0.451 e. The number of carbonyl (C=O) groups is 1. The first kappa shape index (κ1) is 16.7. The lowest BCUT2D eigenvalue weighted by molar-refractivity contribution is -0.384. The van der Waals surface area contributed by atoms with Crippen molar-refractivity contribution >= 4 is 11.6 Å². The Balaban J connectivity index is 1.97. The summed E-state index contributed by atoms with van der Waals surface area (Å²) in [7, 11) is 3.95. The first-order chi connectivity index (χ1) is 11.0. The number of non-ortho nitro benzene ring substituents is 1. The third kappa shape index (κ3) is 4.65. The Hall–Kier alpha value is -2.67. The van der Waals surface area contributed by atoms with Crippen molar-refractivity contribution in [1.82, 2.24) is 10.2 Å². The highest BCUT2D eigenvalue weighted by Crippen LogP contribution is 2.24. The van der Waals surface area contributed by atoms with Crippen LogP contribution in [0, 0.1) is 10.1 Å². The molecule has 122 valence electrons. The predicted octanol–water partition coefficient (Wildman–Crippen LogP) is 2.54. The molecule has 0 aliphatic carbocycles. The molecule has 7 heteroatoms. The number of carbonyl (C=O) groups excluding carboxylic acids is 1. The van der Waals surface area contributed by atoms with E-state index in [4.69, 9.17) is 4.42 Å². The molecular weight excluding hydrogens is 298 g/mol. The molecule has 0 saturated carbocycles. The lowest BCUT2D eigenvalue weighted by Crippen LogP contribution is -2.26. The van der Waals surface area contributed by atoms with Gasteiger partial charge in [-0.15, -0.1) is 0 Å². The van der Waals surface area contributed by atoms with Crippen LogP contribution in [-0.4, -0.2) is 42.9 Å². The molecular formula is C16H19N3O4. The third-order valence-electron chi connectivity index (χ3n) is 3.26. The molecule has 0 unspecified atom stereocenters. The molecule has 1 amide bonds. The Labute approximate surface area is 134 Å². The third-order valence-corrected chi connectivity index (χ3v) is 3.26. The normalized spacial score (nSPS) is 10.7. The van der Waals surface area contributed by atoms with Crippen LogP contribution in [0.4, 0.5) is 5.69 Å². The van der Waals surface area contributed by atoms with E-state index in [1.165, 1.54) is 12.1 Å². The van der Waals surface area contributed by atoms with Gasteiger partial charge in [0.2, 0.25) is 0 Å². The Morgan fingerprint density at radius 3 is 2.52 bits per heavy atom. The van der Waals surface area contributed by atoms with E-state index in [9.17, 15) is 14.9 Å². The van der Waals surface area contributed by atoms with Gasteiger partial charge in [-0.1, -0.05) is 0 Å². The fourth-order valence-corrected chi connectivity index (χ4v) is 2.05. The van der Waals surface area contributed by atoms with Gasteiger partial charge in [-0.05, 0) is 51.3 Å². The van der Waals surface area contributed by atoms with Crippen LogP contribution in [0.2, 0.25) is 0 Å². The maximum absolute atomic E-state index is 12.0. The molecule has 0 saturated heterocycles. The van der Waals surface area contributed by atoms with E-state index < -0.39 is 4.92 Å². The standard InChI is InChI=1S/C16H19N3O4/c1-18(2)11-3-10-17-16(20)15-9-8-14(23-15)12-4-6-13(7-5-12)19(21)22/h4-9H,3,10-11H2,1-2H3,(H,17,20). The average molecular weight is 317 g/mol. The number of nitrogens with zero attached hydrogens (tertiary/aromatic N) is 2. The van der Waals surface area contributed by atoms with Gasteiger partial charge in [0.15, 0.2) is 5.76 Å². The van der Waals surface area contributed by atoms with E-state index in [-0.39, 0.29) is 17.4 Å². The zero-order valence-corrected chi connectivity index (χ0v) is 13.1. The number of benzene rings is 1. The summed E-state index contributed by atoms with van der Waals surface area (Å²) in [6, 6.07) is 9.26. The topological polar surface area (TPSA) is 88.6 Å². The second-order valence-corrected chi connectivity index (χ2v) is 5.38. The summed E-state index contributed by atoms with van der Waals surface area (Å²) in [6.07, 6.45) is 0.856. The maximum Gasteiger partial charge on any atom is 0.287 e. The number of nitro groups is 1. The van der Waals surface area contributed by atoms with Crippen LogP contribution in [-0.2, 0) is 0 Å². The van der Waals surface area contributed by atoms with Crippen LogP contribution in [0.1, 0.15) is 17.0 Å². The van der Waals surface area contributed by atoms with Crippen LogP contribution >= 0.6 is 0 Å². The van der Waals surface area contributed by atoms with Crippen LogP contribution in [0.25, 0.3) is 11.3 Å². The highest BCUT2D eigenvalue weighted by atomic mass is 16.6. The van der Waals surface area contributed by atoms with Gasteiger partial charge < -0.3 is 14.6 Å². The van der Waals surface area contributed by atoms with Gasteiger partial charge in [0.25, 0.3) is 11.6 Å². The quantitative estimate of drug-likeness (QED) is 0.481. The molecule has 2 rings (SSSR count). The van der Waals surface area contributed by atoms with E-state index in [1.807, 2.05) is 19.0 Å². The summed E-state index contributed by atoms with van der Waals surface area (Å²) in [4.78, 5) is 24.2. The monoisotopic (exact) mass is 317 g/mol. The van der Waals surface area contributed by atoms with E-state index in [1.54, 1.807) is 24.3 Å². The van der Waals surface area contributed by atoms with Gasteiger partial charge in [-0.25, -0.2) is 0 Å². The molecule has 2 aromatic rings. The lowest BCUT2D eigenvalue weighted by atomic mass is 10.1. The lowest BCUT2D eigenvalue weighted by Gasteiger charge is -2.09. The summed E-state index contributed by atoms with van der Waals surface area (Å²) < 4.78 is 5.52. The summed E-state index contributed by atoms with van der Waals surface area (Å²) >= 11 is 0. The first-order valence-corrected chi connectivity index (χ1v) is 7.25. The molecule has 23 heavy (non-hydrogen) atoms. The summed E-state index contributed by atoms with van der Waals surface area (Å²) in [5.41, 5.74) is 0.696. The molecule has 7 nitrogen and oxygen atoms in total. The maximum atomic E-state index is 12.0. The Bertz CT molecular complexity index is 677. The van der Waals surface area contributed by atoms with Crippen molar-refractivity contribution in [3.05, 3.63) is 52.3 Å². The van der Waals surface area contributed by atoms with Gasteiger partial charge in [-0.2, -0.15) is 0 Å². The van der Waals surface area contributed by atoms with Gasteiger partial charge >= 0.3 is 0 Å². The molecule has 0 spiro atoms. The molecule has 1 aromatic carbocycles. The highest BCUT2D eigenvalue weighted by Gasteiger charge is 2.12. The number of rotatable bonds is 7. The summed E-state index contributed by atoms with van der Waals surface area (Å²) in [6.45, 7) is 1.47. The van der Waals surface area contributed by atoms with Crippen LogP contribution in [0.5, 0.6) is 0 Å². The van der Waals surface area contributed by atoms with Crippen molar-refractivity contribution in [1.29, 1.82) is 0 Å². The Morgan fingerprint density at radius 2 is 1.91 bits per heavy atom. The van der Waals surface area contributed by atoms with Gasteiger partial charge in [0.05, 0.1) is 4.92 Å². The molecule has 1 aromatic heterocycles. The Kier molecular flexibility index (Phi) is 5.48. The van der Waals surface area contributed by atoms with Crippen LogP contribution < -0.4 is 5.32 Å². The van der Waals surface area contributed by atoms with E-state index >= 15 is 0 Å². The minimum absolute atomic E-state index is 0.0131. The number of hydrogen-bond acceptors (Lipinski definition) is 5. The molecule has 0 radical (unpaired) electrons. The summed E-state index contributed by atoms with van der Waals surface area (Å²) in [5, 5.41) is 13.4. The van der Waals surface area contributed by atoms with Gasteiger partial charge in [0.1, 0.15) is 5.76 Å². The van der Waals surface area contributed by atoms with Crippen molar-refractivity contribution in [2.75, 3.05) is 27.2 Å². The average Bonchev–Trinajstić information content (AvgIpc) is 3.01. The number of hydrogen-bond donors (Lipinski definition) is 1. The molecule has 0 fully saturated rings. The van der Waals surface area contributed by atoms with Crippen molar-refractivity contribution in [2.45, 2.75) is 6.42 Å². The largest absolute Gasteiger partial charge is 0.451 e. The molecule has 0 aliphatic rings. The van der Waals surface area contributed by atoms with E-state index in [0.29, 0.717) is 17.9 Å². The number of nitro benzene ring substituents is 1. The second-order valence-electron chi connectivity index (χ2n) is 5.38. The van der Waals surface area contributed by atoms with Gasteiger partial charge in [-0.3, -0.25) is 14.9 Å². The van der Waals surface area contributed by atoms with Crippen molar-refractivity contribution in [3.63, 3.8) is 0 Å². The second kappa shape index (κ2) is 7.55. The molecule has 1 N–H and O–H groups in total. The molecule has 0 bridgehead atoms. The molecule has 0 aliphatic heterocycles. The Morgan fingerprint density at radius 1 is 1.22 bits per heavy atom. The first-order valence-electron chi connectivity index (χ1n) is 7.25. The van der Waals surface area contributed by atoms with Crippen molar-refractivity contribution in [3.8, 4) is 11.3 Å². The number of amides is 1. The molecule has 1 heterocycles. The smallest absolute Gasteiger partial charge is 0.287 e. The summed E-state index contributed by atoms with van der Waals surface area (Å²) in [5.74, 6) is 0.457. The van der Waals surface area contributed by atoms with E-state index in [0.717, 1.165) is 13.0 Å². The van der Waals surface area contributed by atoms with Gasteiger partial charge in [0, 0.05) is 24.2 Å². The zero-order chi connectivity index (χ0) is 16.8. The zero-order valence-electron chi connectivity index (χ0n) is 13.1. The number of furan rings is 1. The van der Waals surface area contributed by atoms with Crippen molar-refractivity contribution < 1.29 is 14.1 Å². The van der Waals surface area contributed by atoms with Crippen molar-refractivity contribution in [2.24, 2.45) is 0 Å². The highest BCUT2D eigenvalue weighted by molar-refractivity contribution is 5.92. The predicted molar refractivity (Wildman–Crippen MR) is 86.3 cm³/mol. The minimum atomic E-state index is -0.460. The van der Waals surface area contributed by atoms with E-state index in [2.05, 4.69) is 5.32 Å². The van der Waals surface area contributed by atoms with Crippen LogP contribution in [0.3, 0.4) is 0 Å². The fraction of sp³-hybridized carbons (Fsp3) is 0.312. The SMILES string of the molecule is CN(C)CCCNC(=O)c1ccc(-c2ccc([N+](=O)[O-])cc2)o1. The fourth-order valence-electron chi connectivity index (χ4n) is 2.05.